The van der Waals surface area contributed by atoms with Gasteiger partial charge in [-0.05, 0) is 38.6 Å². The number of nitrogens with zero attached hydrogens (tertiary/aromatic N) is 1. The Morgan fingerprint density at radius 2 is 1.78 bits per heavy atom. The first-order valence-corrected chi connectivity index (χ1v) is 8.05. The quantitative estimate of drug-likeness (QED) is 0.780. The molecule has 0 spiro atoms. The van der Waals surface area contributed by atoms with Gasteiger partial charge in [0.05, 0.1) is 0 Å². The topological polar surface area (TPSA) is 15.3 Å². The second kappa shape index (κ2) is 7.49. The fourth-order valence-corrected chi connectivity index (χ4v) is 3.76. The molecule has 0 aliphatic carbocycles. The molecule has 18 heavy (non-hydrogen) atoms. The second-order valence-electron chi connectivity index (χ2n) is 6.11. The molecule has 1 aliphatic rings. The van der Waals surface area contributed by atoms with E-state index in [1.165, 1.54) is 25.8 Å². The van der Waals surface area contributed by atoms with Crippen LogP contribution in [0, 0.1) is 11.8 Å². The van der Waals surface area contributed by atoms with Gasteiger partial charge in [-0.25, -0.2) is 0 Å². The maximum atomic E-state index is 3.65. The highest BCUT2D eigenvalue weighted by Crippen LogP contribution is 2.29. The Balaban J connectivity index is 2.64. The Kier molecular flexibility index (Phi) is 6.65. The number of nitrogens with one attached hydrogen (secondary N) is 1. The van der Waals surface area contributed by atoms with Crippen molar-refractivity contribution in [1.82, 2.24) is 10.2 Å². The zero-order valence-corrected chi connectivity index (χ0v) is 13.4. The number of likely N-dealkylation sites (tertiary alicyclic amines) is 1. The molecule has 4 unspecified atom stereocenters. The summed E-state index contributed by atoms with van der Waals surface area (Å²) in [5.74, 6) is 1.62. The largest absolute Gasteiger partial charge is 0.314 e. The van der Waals surface area contributed by atoms with E-state index < -0.39 is 0 Å². The predicted molar refractivity (Wildman–Crippen MR) is 80.9 cm³/mol. The molecule has 108 valence electrons. The smallest absolute Gasteiger partial charge is 0.0120 e. The summed E-state index contributed by atoms with van der Waals surface area (Å²) in [6, 6.07) is 2.16. The van der Waals surface area contributed by atoms with Crippen LogP contribution in [-0.4, -0.2) is 36.1 Å². The highest BCUT2D eigenvalue weighted by atomic mass is 15.2. The van der Waals surface area contributed by atoms with Gasteiger partial charge in [0, 0.05) is 24.7 Å². The summed E-state index contributed by atoms with van der Waals surface area (Å²) in [4.78, 5) is 2.76. The van der Waals surface area contributed by atoms with Crippen molar-refractivity contribution in [1.29, 1.82) is 0 Å². The molecular weight excluding hydrogens is 220 g/mol. The zero-order chi connectivity index (χ0) is 13.7. The van der Waals surface area contributed by atoms with E-state index in [0.717, 1.165) is 30.5 Å². The molecule has 2 nitrogen and oxygen atoms in total. The lowest BCUT2D eigenvalue weighted by Gasteiger charge is -2.47. The Labute approximate surface area is 115 Å². The molecule has 0 bridgehead atoms. The van der Waals surface area contributed by atoms with Crippen molar-refractivity contribution < 1.29 is 0 Å². The molecule has 1 fully saturated rings. The summed E-state index contributed by atoms with van der Waals surface area (Å²) >= 11 is 0. The molecule has 2 heteroatoms. The van der Waals surface area contributed by atoms with E-state index in [9.17, 15) is 0 Å². The molecule has 0 amide bonds. The molecular formula is C16H34N2. The van der Waals surface area contributed by atoms with Gasteiger partial charge < -0.3 is 5.32 Å². The number of hydrogen-bond acceptors (Lipinski definition) is 2. The third-order valence-corrected chi connectivity index (χ3v) is 5.34. The van der Waals surface area contributed by atoms with Crippen LogP contribution in [0.5, 0.6) is 0 Å². The van der Waals surface area contributed by atoms with Crippen molar-refractivity contribution in [3.05, 3.63) is 0 Å². The first-order valence-electron chi connectivity index (χ1n) is 8.05. The maximum Gasteiger partial charge on any atom is 0.0120 e. The first-order chi connectivity index (χ1) is 8.56. The minimum atomic E-state index is 0.707. The van der Waals surface area contributed by atoms with E-state index in [-0.39, 0.29) is 0 Å². The molecule has 1 N–H and O–H groups in total. The van der Waals surface area contributed by atoms with Crippen molar-refractivity contribution >= 4 is 0 Å². The Bertz CT molecular complexity index is 225. The number of hydrogen-bond donors (Lipinski definition) is 1. The Hall–Kier alpha value is -0.0800. The van der Waals surface area contributed by atoms with Crippen LogP contribution < -0.4 is 5.32 Å². The molecule has 1 saturated heterocycles. The first kappa shape index (κ1) is 16.0. The molecule has 0 saturated carbocycles. The van der Waals surface area contributed by atoms with Crippen LogP contribution in [-0.2, 0) is 0 Å². The molecule has 0 aromatic rings. The molecule has 1 heterocycles. The van der Waals surface area contributed by atoms with Gasteiger partial charge in [0.2, 0.25) is 0 Å². The van der Waals surface area contributed by atoms with Gasteiger partial charge in [-0.3, -0.25) is 4.90 Å². The van der Waals surface area contributed by atoms with Gasteiger partial charge in [-0.1, -0.05) is 40.5 Å². The lowest BCUT2D eigenvalue weighted by Crippen LogP contribution is -2.57. The van der Waals surface area contributed by atoms with Crippen LogP contribution in [0.15, 0.2) is 0 Å². The lowest BCUT2D eigenvalue weighted by atomic mass is 9.83. The van der Waals surface area contributed by atoms with Gasteiger partial charge >= 0.3 is 0 Å². The summed E-state index contributed by atoms with van der Waals surface area (Å²) in [7, 11) is 0. The average Bonchev–Trinajstić information content (AvgIpc) is 2.36. The van der Waals surface area contributed by atoms with Crippen LogP contribution in [0.2, 0.25) is 0 Å². The van der Waals surface area contributed by atoms with Crippen LogP contribution >= 0.6 is 0 Å². The Morgan fingerprint density at radius 3 is 2.28 bits per heavy atom. The number of rotatable bonds is 6. The van der Waals surface area contributed by atoms with E-state index in [4.69, 9.17) is 0 Å². The van der Waals surface area contributed by atoms with Crippen LogP contribution in [0.1, 0.15) is 60.8 Å². The molecule has 4 atom stereocenters. The van der Waals surface area contributed by atoms with Crippen molar-refractivity contribution in [3.63, 3.8) is 0 Å². The van der Waals surface area contributed by atoms with E-state index >= 15 is 0 Å². The SMILES string of the molecule is CCNC1CCN(C(C)C(CC)CC)C(C)C1C. The van der Waals surface area contributed by atoms with Gasteiger partial charge in [0.15, 0.2) is 0 Å². The fraction of sp³-hybridized carbons (Fsp3) is 1.00. The van der Waals surface area contributed by atoms with E-state index in [1.807, 2.05) is 0 Å². The van der Waals surface area contributed by atoms with Gasteiger partial charge in [-0.15, -0.1) is 0 Å². The van der Waals surface area contributed by atoms with E-state index in [2.05, 4.69) is 51.8 Å². The van der Waals surface area contributed by atoms with Gasteiger partial charge in [0.25, 0.3) is 0 Å². The summed E-state index contributed by atoms with van der Waals surface area (Å²) in [6.45, 7) is 16.5. The summed E-state index contributed by atoms with van der Waals surface area (Å²) in [5.41, 5.74) is 0. The minimum Gasteiger partial charge on any atom is -0.314 e. The maximum absolute atomic E-state index is 3.65. The van der Waals surface area contributed by atoms with Gasteiger partial charge in [0.1, 0.15) is 0 Å². The zero-order valence-electron chi connectivity index (χ0n) is 13.4. The predicted octanol–water partition coefficient (Wildman–Crippen LogP) is 3.52. The molecule has 0 aromatic carbocycles. The lowest BCUT2D eigenvalue weighted by molar-refractivity contribution is 0.0288. The average molecular weight is 254 g/mol. The van der Waals surface area contributed by atoms with Crippen molar-refractivity contribution in [2.75, 3.05) is 13.1 Å². The fourth-order valence-electron chi connectivity index (χ4n) is 3.76. The summed E-state index contributed by atoms with van der Waals surface area (Å²) < 4.78 is 0. The minimum absolute atomic E-state index is 0.707. The summed E-state index contributed by atoms with van der Waals surface area (Å²) in [6.07, 6.45) is 3.93. The standard InChI is InChI=1S/C16H34N2/c1-7-15(8-2)14(6)18-11-10-16(17-9-3)12(4)13(18)5/h12-17H,7-11H2,1-6H3. The third kappa shape index (κ3) is 3.48. The highest BCUT2D eigenvalue weighted by molar-refractivity contribution is 4.91. The number of piperidine rings is 1. The van der Waals surface area contributed by atoms with Crippen molar-refractivity contribution in [2.24, 2.45) is 11.8 Å². The molecule has 0 radical (unpaired) electrons. The van der Waals surface area contributed by atoms with Crippen LogP contribution in [0.4, 0.5) is 0 Å². The van der Waals surface area contributed by atoms with Crippen LogP contribution in [0.25, 0.3) is 0 Å². The normalized spacial score (nSPS) is 31.8. The molecule has 1 rings (SSSR count). The summed E-state index contributed by atoms with van der Waals surface area (Å²) in [5, 5.41) is 3.65. The van der Waals surface area contributed by atoms with Gasteiger partial charge in [-0.2, -0.15) is 0 Å². The van der Waals surface area contributed by atoms with E-state index in [0.29, 0.717) is 6.04 Å². The van der Waals surface area contributed by atoms with Crippen molar-refractivity contribution in [2.45, 2.75) is 78.9 Å². The van der Waals surface area contributed by atoms with Crippen LogP contribution in [0.3, 0.4) is 0 Å². The monoisotopic (exact) mass is 254 g/mol. The molecule has 1 aliphatic heterocycles. The third-order valence-electron chi connectivity index (χ3n) is 5.34. The highest BCUT2D eigenvalue weighted by Gasteiger charge is 2.35. The Morgan fingerprint density at radius 1 is 1.17 bits per heavy atom. The second-order valence-corrected chi connectivity index (χ2v) is 6.11. The molecule has 0 aromatic heterocycles. The van der Waals surface area contributed by atoms with Crippen molar-refractivity contribution in [3.8, 4) is 0 Å². The van der Waals surface area contributed by atoms with E-state index in [1.54, 1.807) is 0 Å².